The fourth-order valence-electron chi connectivity index (χ4n) is 2.58. The minimum absolute atomic E-state index is 0.227. The third kappa shape index (κ3) is 4.20. The first-order chi connectivity index (χ1) is 12.8. The van der Waals surface area contributed by atoms with Gasteiger partial charge in [0.05, 0.1) is 23.1 Å². The van der Waals surface area contributed by atoms with Crippen LogP contribution < -0.4 is 9.62 Å². The van der Waals surface area contributed by atoms with Crippen LogP contribution in [-0.4, -0.2) is 32.1 Å². The smallest absolute Gasteiger partial charge is 0.245 e. The highest BCUT2D eigenvalue weighted by atomic mass is 32.2. The SMILES string of the molecule is CS(=O)(=O)N(CC(=O)Nc1ccc(F)cc1F)c1cccc2cccnc12. The first kappa shape index (κ1) is 18.7. The van der Waals surface area contributed by atoms with E-state index in [9.17, 15) is 22.0 Å². The van der Waals surface area contributed by atoms with Crippen LogP contribution in [0.15, 0.2) is 54.7 Å². The summed E-state index contributed by atoms with van der Waals surface area (Å²) in [5.41, 5.74) is 0.391. The molecule has 0 atom stereocenters. The molecule has 1 heterocycles. The number of carbonyl (C=O) groups excluding carboxylic acids is 1. The summed E-state index contributed by atoms with van der Waals surface area (Å²) < 4.78 is 52.1. The molecule has 9 heteroatoms. The number of anilines is 2. The molecule has 0 saturated heterocycles. The Morgan fingerprint density at radius 1 is 1.15 bits per heavy atom. The van der Waals surface area contributed by atoms with E-state index in [1.54, 1.807) is 24.3 Å². The molecule has 1 aromatic heterocycles. The van der Waals surface area contributed by atoms with E-state index in [2.05, 4.69) is 10.3 Å². The number of pyridine rings is 1. The lowest BCUT2D eigenvalue weighted by atomic mass is 10.2. The van der Waals surface area contributed by atoms with Crippen molar-refractivity contribution in [2.45, 2.75) is 0 Å². The molecule has 6 nitrogen and oxygen atoms in total. The first-order valence-corrected chi connectivity index (χ1v) is 9.67. The molecule has 0 aliphatic heterocycles. The maximum absolute atomic E-state index is 13.7. The molecule has 2 aromatic carbocycles. The molecule has 0 spiro atoms. The van der Waals surface area contributed by atoms with E-state index in [4.69, 9.17) is 0 Å². The summed E-state index contributed by atoms with van der Waals surface area (Å²) in [6.45, 7) is -0.592. The van der Waals surface area contributed by atoms with Crippen molar-refractivity contribution in [3.8, 4) is 0 Å². The molecule has 0 saturated carbocycles. The Labute approximate surface area is 154 Å². The Morgan fingerprint density at radius 2 is 1.89 bits per heavy atom. The number of aromatic nitrogens is 1. The van der Waals surface area contributed by atoms with Gasteiger partial charge in [-0.1, -0.05) is 18.2 Å². The summed E-state index contributed by atoms with van der Waals surface area (Å²) in [5, 5.41) is 2.95. The van der Waals surface area contributed by atoms with E-state index in [0.717, 1.165) is 22.7 Å². The molecular formula is C18H15F2N3O3S. The van der Waals surface area contributed by atoms with Gasteiger partial charge in [-0.3, -0.25) is 14.1 Å². The van der Waals surface area contributed by atoms with Crippen LogP contribution in [0.4, 0.5) is 20.2 Å². The fraction of sp³-hybridized carbons (Fsp3) is 0.111. The summed E-state index contributed by atoms with van der Waals surface area (Å²) in [5.74, 6) is -2.52. The summed E-state index contributed by atoms with van der Waals surface area (Å²) >= 11 is 0. The number of amides is 1. The number of fused-ring (bicyclic) bond motifs is 1. The largest absolute Gasteiger partial charge is 0.322 e. The van der Waals surface area contributed by atoms with Gasteiger partial charge in [-0.2, -0.15) is 0 Å². The second-order valence-electron chi connectivity index (χ2n) is 5.79. The lowest BCUT2D eigenvalue weighted by molar-refractivity contribution is -0.114. The Kier molecular flexibility index (Phi) is 5.04. The summed E-state index contributed by atoms with van der Waals surface area (Å²) in [7, 11) is -3.83. The van der Waals surface area contributed by atoms with E-state index >= 15 is 0 Å². The van der Waals surface area contributed by atoms with Crippen molar-refractivity contribution in [3.05, 3.63) is 66.4 Å². The van der Waals surface area contributed by atoms with Crippen LogP contribution in [0.2, 0.25) is 0 Å². The molecule has 3 aromatic rings. The van der Waals surface area contributed by atoms with Crippen molar-refractivity contribution in [1.29, 1.82) is 0 Å². The zero-order valence-electron chi connectivity index (χ0n) is 14.2. The number of para-hydroxylation sites is 1. The molecule has 0 radical (unpaired) electrons. The van der Waals surface area contributed by atoms with Crippen molar-refractivity contribution >= 4 is 38.2 Å². The fourth-order valence-corrected chi connectivity index (χ4v) is 3.44. The minimum atomic E-state index is -3.83. The van der Waals surface area contributed by atoms with Crippen molar-refractivity contribution in [3.63, 3.8) is 0 Å². The molecule has 0 unspecified atom stereocenters. The molecule has 3 rings (SSSR count). The highest BCUT2D eigenvalue weighted by molar-refractivity contribution is 7.92. The van der Waals surface area contributed by atoms with Crippen LogP contribution in [0.3, 0.4) is 0 Å². The Balaban J connectivity index is 1.93. The van der Waals surface area contributed by atoms with Crippen LogP contribution in [0.1, 0.15) is 0 Å². The second-order valence-corrected chi connectivity index (χ2v) is 7.70. The van der Waals surface area contributed by atoms with Crippen molar-refractivity contribution < 1.29 is 22.0 Å². The van der Waals surface area contributed by atoms with Gasteiger partial charge < -0.3 is 5.32 Å². The number of hydrogen-bond acceptors (Lipinski definition) is 4. The quantitative estimate of drug-likeness (QED) is 0.725. The van der Waals surface area contributed by atoms with E-state index in [1.807, 2.05) is 0 Å². The summed E-state index contributed by atoms with van der Waals surface area (Å²) in [6.07, 6.45) is 2.47. The Bertz CT molecular complexity index is 1110. The average Bonchev–Trinajstić information content (AvgIpc) is 2.61. The zero-order chi connectivity index (χ0) is 19.6. The molecule has 1 N–H and O–H groups in total. The predicted molar refractivity (Wildman–Crippen MR) is 98.9 cm³/mol. The number of benzene rings is 2. The van der Waals surface area contributed by atoms with Crippen LogP contribution in [0.25, 0.3) is 10.9 Å². The van der Waals surface area contributed by atoms with Gasteiger partial charge in [0.25, 0.3) is 0 Å². The molecule has 0 aliphatic rings. The van der Waals surface area contributed by atoms with Gasteiger partial charge in [-0.15, -0.1) is 0 Å². The number of sulfonamides is 1. The van der Waals surface area contributed by atoms with E-state index in [0.29, 0.717) is 17.0 Å². The number of carbonyl (C=O) groups is 1. The summed E-state index contributed by atoms with van der Waals surface area (Å²) in [6, 6.07) is 11.1. The lowest BCUT2D eigenvalue weighted by Crippen LogP contribution is -2.37. The van der Waals surface area contributed by atoms with Crippen LogP contribution in [0.5, 0.6) is 0 Å². The Morgan fingerprint density at radius 3 is 2.59 bits per heavy atom. The molecule has 140 valence electrons. The van der Waals surface area contributed by atoms with Gasteiger partial charge in [0, 0.05) is 17.6 Å². The number of nitrogens with one attached hydrogen (secondary N) is 1. The molecule has 0 aliphatic carbocycles. The van der Waals surface area contributed by atoms with Crippen LogP contribution in [-0.2, 0) is 14.8 Å². The number of hydrogen-bond donors (Lipinski definition) is 1. The molecule has 0 fully saturated rings. The average molecular weight is 391 g/mol. The third-order valence-corrected chi connectivity index (χ3v) is 4.90. The monoisotopic (exact) mass is 391 g/mol. The maximum atomic E-state index is 13.7. The van der Waals surface area contributed by atoms with Crippen molar-refractivity contribution in [2.24, 2.45) is 0 Å². The first-order valence-electron chi connectivity index (χ1n) is 7.82. The lowest BCUT2D eigenvalue weighted by Gasteiger charge is -2.23. The highest BCUT2D eigenvalue weighted by Gasteiger charge is 2.23. The van der Waals surface area contributed by atoms with Gasteiger partial charge in [0.1, 0.15) is 18.2 Å². The molecular weight excluding hydrogens is 376 g/mol. The zero-order valence-corrected chi connectivity index (χ0v) is 15.0. The van der Waals surface area contributed by atoms with Gasteiger partial charge in [0.2, 0.25) is 15.9 Å². The van der Waals surface area contributed by atoms with Gasteiger partial charge >= 0.3 is 0 Å². The third-order valence-electron chi connectivity index (χ3n) is 3.77. The number of rotatable bonds is 5. The van der Waals surface area contributed by atoms with Gasteiger partial charge in [-0.25, -0.2) is 17.2 Å². The molecule has 1 amide bonds. The number of nitrogens with zero attached hydrogens (tertiary/aromatic N) is 2. The predicted octanol–water partition coefficient (Wildman–Crippen LogP) is 2.92. The van der Waals surface area contributed by atoms with Crippen molar-refractivity contribution in [1.82, 2.24) is 4.98 Å². The summed E-state index contributed by atoms with van der Waals surface area (Å²) in [4.78, 5) is 16.5. The normalized spacial score (nSPS) is 11.4. The highest BCUT2D eigenvalue weighted by Crippen LogP contribution is 2.26. The standard InChI is InChI=1S/C18H15F2N3O3S/c1-27(25,26)23(16-6-2-4-12-5-3-9-21-18(12)16)11-17(24)22-15-8-7-13(19)10-14(15)20/h2-10H,11H2,1H3,(H,22,24). The van der Waals surface area contributed by atoms with E-state index < -0.39 is 34.1 Å². The van der Waals surface area contributed by atoms with E-state index in [1.165, 1.54) is 12.3 Å². The van der Waals surface area contributed by atoms with E-state index in [-0.39, 0.29) is 11.4 Å². The number of halogens is 2. The second kappa shape index (κ2) is 7.28. The van der Waals surface area contributed by atoms with Crippen LogP contribution >= 0.6 is 0 Å². The Hall–Kier alpha value is -3.07. The van der Waals surface area contributed by atoms with Gasteiger partial charge in [0.15, 0.2) is 0 Å². The molecule has 0 bridgehead atoms. The minimum Gasteiger partial charge on any atom is -0.322 e. The maximum Gasteiger partial charge on any atom is 0.245 e. The van der Waals surface area contributed by atoms with Crippen LogP contribution in [0, 0.1) is 11.6 Å². The van der Waals surface area contributed by atoms with Crippen molar-refractivity contribution in [2.75, 3.05) is 22.4 Å². The molecule has 27 heavy (non-hydrogen) atoms. The van der Waals surface area contributed by atoms with Gasteiger partial charge in [-0.05, 0) is 24.3 Å². The topological polar surface area (TPSA) is 79.4 Å².